The highest BCUT2D eigenvalue weighted by Crippen LogP contribution is 2.27. The van der Waals surface area contributed by atoms with Crippen molar-refractivity contribution in [2.75, 3.05) is 12.4 Å². The Balaban J connectivity index is 1.76. The van der Waals surface area contributed by atoms with Gasteiger partial charge in [-0.05, 0) is 48.0 Å². The minimum atomic E-state index is -4.79. The molecule has 0 aliphatic carbocycles. The summed E-state index contributed by atoms with van der Waals surface area (Å²) in [6.45, 7) is 1.21. The molecule has 0 saturated carbocycles. The molecule has 0 radical (unpaired) electrons. The Morgan fingerprint density at radius 3 is 2.63 bits per heavy atom. The Morgan fingerprint density at radius 2 is 2.00 bits per heavy atom. The summed E-state index contributed by atoms with van der Waals surface area (Å²) in [6, 6.07) is 8.98. The molecule has 38 heavy (non-hydrogen) atoms. The molecular weight excluding hydrogens is 531 g/mol. The summed E-state index contributed by atoms with van der Waals surface area (Å²) in [5.74, 6) is -2.95. The van der Waals surface area contributed by atoms with E-state index in [2.05, 4.69) is 30.8 Å². The summed E-state index contributed by atoms with van der Waals surface area (Å²) in [4.78, 5) is 30.6. The second-order valence-corrected chi connectivity index (χ2v) is 8.06. The highest BCUT2D eigenvalue weighted by Gasteiger charge is 2.37. The molecule has 1 N–H and O–H groups in total. The van der Waals surface area contributed by atoms with Crippen LogP contribution in [0.4, 0.5) is 18.9 Å². The Hall–Kier alpha value is -4.84. The number of halogens is 4. The van der Waals surface area contributed by atoms with Crippen molar-refractivity contribution in [3.05, 3.63) is 75.5 Å². The van der Waals surface area contributed by atoms with Crippen molar-refractivity contribution in [2.45, 2.75) is 19.6 Å². The van der Waals surface area contributed by atoms with Gasteiger partial charge in [0.15, 0.2) is 5.82 Å². The molecule has 3 heterocycles. The number of amides is 1. The van der Waals surface area contributed by atoms with Crippen LogP contribution in [0.25, 0.3) is 5.82 Å². The van der Waals surface area contributed by atoms with Crippen LogP contribution >= 0.6 is 11.6 Å². The normalized spacial score (nSPS) is 11.2. The van der Waals surface area contributed by atoms with Crippen molar-refractivity contribution in [1.29, 1.82) is 5.26 Å². The van der Waals surface area contributed by atoms with E-state index in [4.69, 9.17) is 16.3 Å². The molecule has 0 saturated heterocycles. The molecule has 4 aromatic rings. The number of benzene rings is 1. The Labute approximate surface area is 216 Å². The maximum atomic E-state index is 13.4. The molecular formula is C22H15ClF3N9O3. The van der Waals surface area contributed by atoms with Crippen LogP contribution in [0.3, 0.4) is 0 Å². The standard InChI is InChI=1S/C22H15ClF3N9O3/c1-11-6-12(9-27)7-14(20(37)38-2)17(11)29-19(36)16-8-13(10-34-32-21(30-33-34)22(24,25)26)31-35(16)18-15(23)4-3-5-28-18/h3-8H,10H2,1-2H3,(H,29,36). The largest absolute Gasteiger partial charge is 0.465 e. The molecule has 4 rings (SSSR count). The summed E-state index contributed by atoms with van der Waals surface area (Å²) in [6.07, 6.45) is -3.39. The number of aromatic nitrogens is 7. The molecule has 1 aromatic carbocycles. The lowest BCUT2D eigenvalue weighted by molar-refractivity contribution is -0.145. The number of nitriles is 1. The minimum absolute atomic E-state index is 0.0536. The van der Waals surface area contributed by atoms with E-state index in [0.717, 1.165) is 11.8 Å². The van der Waals surface area contributed by atoms with E-state index in [-0.39, 0.29) is 45.6 Å². The van der Waals surface area contributed by atoms with Crippen molar-refractivity contribution in [3.63, 3.8) is 0 Å². The van der Waals surface area contributed by atoms with Crippen LogP contribution in [0.2, 0.25) is 5.02 Å². The van der Waals surface area contributed by atoms with Crippen LogP contribution in [0.5, 0.6) is 0 Å². The van der Waals surface area contributed by atoms with E-state index in [1.165, 1.54) is 30.5 Å². The number of carbonyl (C=O) groups is 2. The van der Waals surface area contributed by atoms with Gasteiger partial charge in [0.1, 0.15) is 12.2 Å². The molecule has 1 amide bonds. The average Bonchev–Trinajstić information content (AvgIpc) is 3.52. The van der Waals surface area contributed by atoms with Gasteiger partial charge in [0.25, 0.3) is 11.7 Å². The van der Waals surface area contributed by atoms with E-state index in [1.807, 2.05) is 6.07 Å². The van der Waals surface area contributed by atoms with E-state index in [9.17, 15) is 28.0 Å². The number of methoxy groups -OCH3 is 1. The van der Waals surface area contributed by atoms with Crippen molar-refractivity contribution in [1.82, 2.24) is 35.0 Å². The smallest absolute Gasteiger partial charge is 0.455 e. The predicted octanol–water partition coefficient (Wildman–Crippen LogP) is 3.19. The number of rotatable bonds is 6. The highest BCUT2D eigenvalue weighted by atomic mass is 35.5. The van der Waals surface area contributed by atoms with Gasteiger partial charge in [-0.1, -0.05) is 11.6 Å². The quantitative estimate of drug-likeness (QED) is 0.360. The highest BCUT2D eigenvalue weighted by molar-refractivity contribution is 6.32. The van der Waals surface area contributed by atoms with E-state index in [1.54, 1.807) is 13.0 Å². The van der Waals surface area contributed by atoms with Crippen molar-refractivity contribution in [3.8, 4) is 11.9 Å². The van der Waals surface area contributed by atoms with Gasteiger partial charge in [-0.2, -0.15) is 28.3 Å². The third kappa shape index (κ3) is 5.30. The van der Waals surface area contributed by atoms with Gasteiger partial charge in [0.05, 0.1) is 40.7 Å². The fourth-order valence-corrected chi connectivity index (χ4v) is 3.60. The van der Waals surface area contributed by atoms with Crippen LogP contribution < -0.4 is 5.32 Å². The molecule has 0 aliphatic rings. The lowest BCUT2D eigenvalue weighted by Gasteiger charge is -2.14. The van der Waals surface area contributed by atoms with Crippen LogP contribution in [0.15, 0.2) is 36.5 Å². The fourth-order valence-electron chi connectivity index (χ4n) is 3.40. The molecule has 12 nitrogen and oxygen atoms in total. The Morgan fingerprint density at radius 1 is 1.24 bits per heavy atom. The van der Waals surface area contributed by atoms with E-state index < -0.39 is 23.9 Å². The zero-order valence-electron chi connectivity index (χ0n) is 19.5. The number of aryl methyl sites for hydroxylation is 1. The first-order valence-electron chi connectivity index (χ1n) is 10.5. The molecule has 3 aromatic heterocycles. The average molecular weight is 546 g/mol. The summed E-state index contributed by atoms with van der Waals surface area (Å²) < 4.78 is 44.4. The molecule has 0 unspecified atom stereocenters. The fraction of sp³-hybridized carbons (Fsp3) is 0.182. The van der Waals surface area contributed by atoms with Crippen LogP contribution in [-0.4, -0.2) is 54.0 Å². The van der Waals surface area contributed by atoms with Crippen molar-refractivity contribution in [2.24, 2.45) is 0 Å². The van der Waals surface area contributed by atoms with Gasteiger partial charge < -0.3 is 10.1 Å². The van der Waals surface area contributed by atoms with Crippen molar-refractivity contribution >= 4 is 29.2 Å². The summed E-state index contributed by atoms with van der Waals surface area (Å²) in [7, 11) is 1.15. The Bertz CT molecular complexity index is 1590. The summed E-state index contributed by atoms with van der Waals surface area (Å²) >= 11 is 6.25. The topological polar surface area (TPSA) is 154 Å². The number of nitrogens with zero attached hydrogens (tertiary/aromatic N) is 8. The van der Waals surface area contributed by atoms with Gasteiger partial charge in [0.2, 0.25) is 0 Å². The zero-order valence-corrected chi connectivity index (χ0v) is 20.2. The maximum absolute atomic E-state index is 13.4. The van der Waals surface area contributed by atoms with Crippen LogP contribution in [0, 0.1) is 18.3 Å². The van der Waals surface area contributed by atoms with E-state index in [0.29, 0.717) is 10.4 Å². The predicted molar refractivity (Wildman–Crippen MR) is 123 cm³/mol. The van der Waals surface area contributed by atoms with Crippen LogP contribution in [-0.2, 0) is 17.5 Å². The molecule has 0 aliphatic heterocycles. The second-order valence-electron chi connectivity index (χ2n) is 7.66. The maximum Gasteiger partial charge on any atom is 0.455 e. The van der Waals surface area contributed by atoms with Gasteiger partial charge in [0, 0.05) is 6.20 Å². The third-order valence-electron chi connectivity index (χ3n) is 5.05. The van der Waals surface area contributed by atoms with Gasteiger partial charge in [-0.25, -0.2) is 14.5 Å². The number of esters is 1. The lowest BCUT2D eigenvalue weighted by atomic mass is 10.0. The number of hydrogen-bond acceptors (Lipinski definition) is 9. The van der Waals surface area contributed by atoms with E-state index >= 15 is 0 Å². The lowest BCUT2D eigenvalue weighted by Crippen LogP contribution is -2.20. The minimum Gasteiger partial charge on any atom is -0.465 e. The first kappa shape index (κ1) is 26.2. The van der Waals surface area contributed by atoms with Crippen molar-refractivity contribution < 1.29 is 27.5 Å². The van der Waals surface area contributed by atoms with Gasteiger partial charge in [-0.15, -0.1) is 10.2 Å². The molecule has 0 fully saturated rings. The molecule has 0 spiro atoms. The number of ether oxygens (including phenoxy) is 1. The SMILES string of the molecule is COC(=O)c1cc(C#N)cc(C)c1NC(=O)c1cc(Cn2nnc(C(F)(F)F)n2)nn1-c1ncccc1Cl. The molecule has 0 atom stereocenters. The third-order valence-corrected chi connectivity index (χ3v) is 5.35. The first-order chi connectivity index (χ1) is 18.0. The number of anilines is 1. The first-order valence-corrected chi connectivity index (χ1v) is 10.9. The van der Waals surface area contributed by atoms with Gasteiger partial charge >= 0.3 is 12.1 Å². The number of tetrazole rings is 1. The second kappa shape index (κ2) is 10.3. The number of hydrogen-bond donors (Lipinski definition) is 1. The summed E-state index contributed by atoms with van der Waals surface area (Å²) in [5.41, 5.74) is 0.531. The number of nitrogens with one attached hydrogen (secondary N) is 1. The van der Waals surface area contributed by atoms with Gasteiger partial charge in [-0.3, -0.25) is 4.79 Å². The molecule has 16 heteroatoms. The number of alkyl halides is 3. The van der Waals surface area contributed by atoms with Crippen LogP contribution in [0.1, 0.15) is 43.5 Å². The number of pyridine rings is 1. The summed E-state index contributed by atoms with van der Waals surface area (Å²) in [5, 5.41) is 25.9. The zero-order chi connectivity index (χ0) is 27.6. The monoisotopic (exact) mass is 545 g/mol. The number of carbonyl (C=O) groups excluding carboxylic acids is 2. The Kier molecular flexibility index (Phi) is 7.08. The molecule has 194 valence electrons. The molecule has 0 bridgehead atoms.